The van der Waals surface area contributed by atoms with Gasteiger partial charge in [0.25, 0.3) is 0 Å². The smallest absolute Gasteiger partial charge is 0.119 e. The third-order valence-electron chi connectivity index (χ3n) is 3.54. The van der Waals surface area contributed by atoms with E-state index in [1.165, 1.54) is 51.4 Å². The van der Waals surface area contributed by atoms with Gasteiger partial charge in [-0.05, 0) is 31.4 Å². The summed E-state index contributed by atoms with van der Waals surface area (Å²) in [7, 11) is 0. The SMILES string of the molecule is CCCCCC(Br)CCCCCCOc1ccccc1. The van der Waals surface area contributed by atoms with E-state index < -0.39 is 0 Å². The average molecular weight is 341 g/mol. The Morgan fingerprint density at radius 2 is 1.55 bits per heavy atom. The molecule has 1 aromatic carbocycles. The minimum Gasteiger partial charge on any atom is -0.494 e. The van der Waals surface area contributed by atoms with Crippen molar-refractivity contribution in [3.63, 3.8) is 0 Å². The van der Waals surface area contributed by atoms with E-state index in [9.17, 15) is 0 Å². The highest BCUT2D eigenvalue weighted by Crippen LogP contribution is 2.18. The molecule has 0 saturated carbocycles. The second-order valence-corrected chi connectivity index (χ2v) is 6.75. The van der Waals surface area contributed by atoms with E-state index in [4.69, 9.17) is 4.74 Å². The first-order valence-electron chi connectivity index (χ1n) is 8.15. The Morgan fingerprint density at radius 1 is 0.900 bits per heavy atom. The first-order valence-corrected chi connectivity index (χ1v) is 9.06. The summed E-state index contributed by atoms with van der Waals surface area (Å²) in [5, 5.41) is 0. The minimum absolute atomic E-state index is 0.731. The molecule has 1 atom stereocenters. The maximum absolute atomic E-state index is 5.69. The van der Waals surface area contributed by atoms with Crippen molar-refractivity contribution >= 4 is 15.9 Å². The molecule has 2 heteroatoms. The molecule has 0 aliphatic heterocycles. The maximum Gasteiger partial charge on any atom is 0.119 e. The summed E-state index contributed by atoms with van der Waals surface area (Å²) in [6.07, 6.45) is 11.8. The van der Waals surface area contributed by atoms with Crippen LogP contribution < -0.4 is 4.74 Å². The summed E-state index contributed by atoms with van der Waals surface area (Å²) in [6, 6.07) is 10.1. The van der Waals surface area contributed by atoms with Gasteiger partial charge in [-0.1, -0.05) is 79.6 Å². The van der Waals surface area contributed by atoms with Crippen LogP contribution in [0.25, 0.3) is 0 Å². The molecule has 0 fully saturated rings. The van der Waals surface area contributed by atoms with Crippen molar-refractivity contribution in [2.45, 2.75) is 69.5 Å². The van der Waals surface area contributed by atoms with Gasteiger partial charge < -0.3 is 4.74 Å². The Balaban J connectivity index is 1.87. The fraction of sp³-hybridized carbons (Fsp3) is 0.667. The molecule has 1 unspecified atom stereocenters. The molecular weight excluding hydrogens is 312 g/mol. The lowest BCUT2D eigenvalue weighted by Gasteiger charge is -2.09. The van der Waals surface area contributed by atoms with Gasteiger partial charge in [0.05, 0.1) is 6.61 Å². The van der Waals surface area contributed by atoms with Gasteiger partial charge >= 0.3 is 0 Å². The normalized spacial score (nSPS) is 12.3. The van der Waals surface area contributed by atoms with Crippen molar-refractivity contribution in [2.75, 3.05) is 6.61 Å². The number of unbranched alkanes of at least 4 members (excludes halogenated alkanes) is 5. The molecule has 0 radical (unpaired) electrons. The van der Waals surface area contributed by atoms with Crippen molar-refractivity contribution in [1.82, 2.24) is 0 Å². The molecule has 1 rings (SSSR count). The van der Waals surface area contributed by atoms with Crippen LogP contribution in [0.5, 0.6) is 5.75 Å². The van der Waals surface area contributed by atoms with Gasteiger partial charge in [0, 0.05) is 4.83 Å². The highest BCUT2D eigenvalue weighted by molar-refractivity contribution is 9.09. The molecule has 0 spiro atoms. The third-order valence-corrected chi connectivity index (χ3v) is 4.46. The Kier molecular flexibility index (Phi) is 10.8. The Morgan fingerprint density at radius 3 is 2.25 bits per heavy atom. The van der Waals surface area contributed by atoms with Crippen molar-refractivity contribution in [1.29, 1.82) is 0 Å². The standard InChI is InChI=1S/C18H29BrO/c1-2-3-7-12-17(19)13-8-4-5-11-16-20-18-14-9-6-10-15-18/h6,9-10,14-15,17H,2-5,7-8,11-13,16H2,1H3. The lowest BCUT2D eigenvalue weighted by Crippen LogP contribution is -1.99. The molecule has 0 saturated heterocycles. The van der Waals surface area contributed by atoms with Gasteiger partial charge in [-0.2, -0.15) is 0 Å². The van der Waals surface area contributed by atoms with Crippen LogP contribution in [0, 0.1) is 0 Å². The predicted octanol–water partition coefficient (Wildman–Crippen LogP) is 6.36. The Labute approximate surface area is 133 Å². The highest BCUT2D eigenvalue weighted by atomic mass is 79.9. The van der Waals surface area contributed by atoms with E-state index in [1.807, 2.05) is 30.3 Å². The zero-order chi connectivity index (χ0) is 14.5. The number of rotatable bonds is 12. The van der Waals surface area contributed by atoms with Crippen LogP contribution in [-0.2, 0) is 0 Å². The van der Waals surface area contributed by atoms with Crippen LogP contribution in [0.1, 0.15) is 64.7 Å². The number of alkyl halides is 1. The molecule has 20 heavy (non-hydrogen) atoms. The van der Waals surface area contributed by atoms with E-state index in [2.05, 4.69) is 22.9 Å². The molecule has 0 amide bonds. The molecule has 0 bridgehead atoms. The maximum atomic E-state index is 5.69. The topological polar surface area (TPSA) is 9.23 Å². The second-order valence-electron chi connectivity index (χ2n) is 5.46. The molecule has 0 aliphatic rings. The number of hydrogen-bond acceptors (Lipinski definition) is 1. The minimum atomic E-state index is 0.731. The average Bonchev–Trinajstić information content (AvgIpc) is 2.47. The zero-order valence-corrected chi connectivity index (χ0v) is 14.4. The number of ether oxygens (including phenoxy) is 1. The molecule has 0 aliphatic carbocycles. The summed E-state index contributed by atoms with van der Waals surface area (Å²) >= 11 is 3.80. The van der Waals surface area contributed by atoms with Gasteiger partial charge in [0.1, 0.15) is 5.75 Å². The van der Waals surface area contributed by atoms with Crippen LogP contribution in [0.4, 0.5) is 0 Å². The summed E-state index contributed by atoms with van der Waals surface area (Å²) in [6.45, 7) is 3.11. The van der Waals surface area contributed by atoms with Gasteiger partial charge in [-0.15, -0.1) is 0 Å². The molecular formula is C18H29BrO. The molecule has 114 valence electrons. The number of halogens is 1. The Bertz CT molecular complexity index is 312. The summed E-state index contributed by atoms with van der Waals surface area (Å²) in [5.41, 5.74) is 0. The fourth-order valence-corrected chi connectivity index (χ4v) is 2.94. The number of para-hydroxylation sites is 1. The van der Waals surface area contributed by atoms with Crippen LogP contribution in [-0.4, -0.2) is 11.4 Å². The van der Waals surface area contributed by atoms with E-state index in [0.29, 0.717) is 0 Å². The Hall–Kier alpha value is -0.500. The van der Waals surface area contributed by atoms with Crippen molar-refractivity contribution in [3.8, 4) is 5.75 Å². The van der Waals surface area contributed by atoms with Gasteiger partial charge in [-0.3, -0.25) is 0 Å². The predicted molar refractivity (Wildman–Crippen MR) is 91.9 cm³/mol. The summed E-state index contributed by atoms with van der Waals surface area (Å²) in [5.74, 6) is 0.990. The van der Waals surface area contributed by atoms with E-state index in [1.54, 1.807) is 0 Å². The lowest BCUT2D eigenvalue weighted by atomic mass is 10.1. The van der Waals surface area contributed by atoms with E-state index in [0.717, 1.165) is 23.6 Å². The first-order chi connectivity index (χ1) is 9.83. The van der Waals surface area contributed by atoms with Crippen LogP contribution in [0.2, 0.25) is 0 Å². The third kappa shape index (κ3) is 9.41. The highest BCUT2D eigenvalue weighted by Gasteiger charge is 2.03. The van der Waals surface area contributed by atoms with Crippen molar-refractivity contribution < 1.29 is 4.74 Å². The monoisotopic (exact) mass is 340 g/mol. The quantitative estimate of drug-likeness (QED) is 0.317. The van der Waals surface area contributed by atoms with Crippen molar-refractivity contribution in [3.05, 3.63) is 30.3 Å². The molecule has 0 N–H and O–H groups in total. The van der Waals surface area contributed by atoms with E-state index in [-0.39, 0.29) is 0 Å². The molecule has 1 aromatic rings. The number of benzene rings is 1. The van der Waals surface area contributed by atoms with Crippen LogP contribution >= 0.6 is 15.9 Å². The summed E-state index contributed by atoms with van der Waals surface area (Å²) in [4.78, 5) is 0.731. The fourth-order valence-electron chi connectivity index (χ4n) is 2.29. The van der Waals surface area contributed by atoms with Crippen LogP contribution in [0.3, 0.4) is 0 Å². The van der Waals surface area contributed by atoms with Crippen molar-refractivity contribution in [2.24, 2.45) is 0 Å². The second kappa shape index (κ2) is 12.3. The molecule has 1 nitrogen and oxygen atoms in total. The number of hydrogen-bond donors (Lipinski definition) is 0. The van der Waals surface area contributed by atoms with Gasteiger partial charge in [0.2, 0.25) is 0 Å². The zero-order valence-electron chi connectivity index (χ0n) is 12.8. The van der Waals surface area contributed by atoms with E-state index >= 15 is 0 Å². The first kappa shape index (κ1) is 17.6. The lowest BCUT2D eigenvalue weighted by molar-refractivity contribution is 0.304. The molecule has 0 aromatic heterocycles. The summed E-state index contributed by atoms with van der Waals surface area (Å²) < 4.78 is 5.69. The van der Waals surface area contributed by atoms with Gasteiger partial charge in [-0.25, -0.2) is 0 Å². The van der Waals surface area contributed by atoms with Crippen LogP contribution in [0.15, 0.2) is 30.3 Å². The largest absolute Gasteiger partial charge is 0.494 e. The molecule has 0 heterocycles. The van der Waals surface area contributed by atoms with Gasteiger partial charge in [0.15, 0.2) is 0 Å².